The molecule has 31 heavy (non-hydrogen) atoms. The van der Waals surface area contributed by atoms with Crippen molar-refractivity contribution in [2.45, 2.75) is 13.0 Å². The van der Waals surface area contributed by atoms with E-state index in [1.807, 2.05) is 48.2 Å². The fourth-order valence-corrected chi connectivity index (χ4v) is 4.32. The van der Waals surface area contributed by atoms with Crippen LogP contribution in [0.4, 0.5) is 5.69 Å². The molecular weight excluding hydrogens is 414 g/mol. The molecule has 0 saturated carbocycles. The average Bonchev–Trinajstić information content (AvgIpc) is 3.16. The number of aliphatic imine (C=N–C) groups is 1. The number of H-pyrrole nitrogens is 1. The number of piperazine rings is 1. The monoisotopic (exact) mass is 434 g/mol. The summed E-state index contributed by atoms with van der Waals surface area (Å²) in [6.45, 7) is 3.35. The molecule has 2 amide bonds. The third-order valence-electron chi connectivity index (χ3n) is 5.80. The molecule has 0 bridgehead atoms. The van der Waals surface area contributed by atoms with E-state index in [-0.39, 0.29) is 17.9 Å². The number of nitrogens with zero attached hydrogens (tertiary/aromatic N) is 4. The van der Waals surface area contributed by atoms with Crippen LogP contribution < -0.4 is 0 Å². The molecule has 156 valence electrons. The first-order chi connectivity index (χ1) is 15.0. The zero-order valence-electron chi connectivity index (χ0n) is 17.0. The average molecular weight is 435 g/mol. The molecule has 8 heteroatoms. The lowest BCUT2D eigenvalue weighted by atomic mass is 10.1. The smallest absolute Gasteiger partial charge is 0.336 e. The van der Waals surface area contributed by atoms with Crippen LogP contribution in [0, 0.1) is 0 Å². The van der Waals surface area contributed by atoms with Gasteiger partial charge in [0, 0.05) is 47.8 Å². The van der Waals surface area contributed by atoms with Crippen LogP contribution in [0.15, 0.2) is 59.7 Å². The van der Waals surface area contributed by atoms with Crippen molar-refractivity contribution in [2.24, 2.45) is 4.99 Å². The first kappa shape index (κ1) is 19.5. The van der Waals surface area contributed by atoms with Gasteiger partial charge in [0.2, 0.25) is 6.34 Å². The van der Waals surface area contributed by atoms with Crippen molar-refractivity contribution in [1.82, 2.24) is 14.8 Å². The Morgan fingerprint density at radius 3 is 2.71 bits per heavy atom. The number of carbonyl (C=O) groups excluding carboxylic acids is 2. The second-order valence-electron chi connectivity index (χ2n) is 7.76. The number of amides is 2. The first-order valence-corrected chi connectivity index (χ1v) is 10.5. The number of aromatic nitrogens is 1. The number of halogens is 1. The minimum Gasteiger partial charge on any atom is -0.360 e. The summed E-state index contributed by atoms with van der Waals surface area (Å²) in [7, 11) is 0. The molecule has 5 rings (SSSR count). The van der Waals surface area contributed by atoms with E-state index in [4.69, 9.17) is 11.6 Å². The van der Waals surface area contributed by atoms with Crippen LogP contribution in [0.5, 0.6) is 0 Å². The lowest BCUT2D eigenvalue weighted by Crippen LogP contribution is -2.57. The number of fused-ring (bicyclic) bond motifs is 1. The molecule has 7 nitrogen and oxygen atoms in total. The lowest BCUT2D eigenvalue weighted by Gasteiger charge is -2.39. The van der Waals surface area contributed by atoms with Gasteiger partial charge in [0.1, 0.15) is 5.69 Å². The van der Waals surface area contributed by atoms with Gasteiger partial charge in [-0.15, -0.1) is 0 Å². The predicted molar refractivity (Wildman–Crippen MR) is 120 cm³/mol. The van der Waals surface area contributed by atoms with E-state index in [0.29, 0.717) is 36.1 Å². The molecule has 1 fully saturated rings. The number of benzene rings is 2. The lowest BCUT2D eigenvalue weighted by molar-refractivity contribution is -0.309. The van der Waals surface area contributed by atoms with Gasteiger partial charge in [-0.25, -0.2) is 0 Å². The highest BCUT2D eigenvalue weighted by atomic mass is 35.5. The van der Waals surface area contributed by atoms with Gasteiger partial charge >= 0.3 is 11.7 Å². The standard InChI is InChI=1S/C23H20ClN5O2/c1-15-13-27(23(31)21-26-14-29(21)17-6-4-5-16(24)11-17)9-10-28(15)22(30)19-12-25-20-8-3-2-7-18(19)20/h2-8,11-12,14-15H,9-10,13H2,1H3/p+1. The maximum absolute atomic E-state index is 13.2. The van der Waals surface area contributed by atoms with E-state index in [9.17, 15) is 9.59 Å². The zero-order valence-corrected chi connectivity index (χ0v) is 17.7. The van der Waals surface area contributed by atoms with E-state index in [0.717, 1.165) is 16.6 Å². The minimum atomic E-state index is -0.145. The van der Waals surface area contributed by atoms with Crippen LogP contribution in [-0.2, 0) is 4.79 Å². The van der Waals surface area contributed by atoms with Gasteiger partial charge in [0.05, 0.1) is 5.56 Å². The second-order valence-corrected chi connectivity index (χ2v) is 8.20. The van der Waals surface area contributed by atoms with Crippen molar-refractivity contribution in [3.63, 3.8) is 0 Å². The van der Waals surface area contributed by atoms with Crippen LogP contribution in [0.25, 0.3) is 10.9 Å². The topological polar surface area (TPSA) is 71.8 Å². The van der Waals surface area contributed by atoms with Gasteiger partial charge < -0.3 is 14.8 Å². The van der Waals surface area contributed by atoms with Crippen molar-refractivity contribution >= 4 is 52.2 Å². The van der Waals surface area contributed by atoms with Gasteiger partial charge in [-0.05, 0) is 31.2 Å². The number of nitrogens with one attached hydrogen (secondary N) is 1. The number of aromatic amines is 1. The largest absolute Gasteiger partial charge is 0.360 e. The molecule has 1 unspecified atom stereocenters. The Kier molecular flexibility index (Phi) is 4.82. The summed E-state index contributed by atoms with van der Waals surface area (Å²) in [5, 5.41) is 1.51. The molecular formula is C23H21ClN5O2+. The Bertz CT molecular complexity index is 1260. The third kappa shape index (κ3) is 3.41. The molecule has 2 aliphatic heterocycles. The van der Waals surface area contributed by atoms with Crippen molar-refractivity contribution in [3.05, 3.63) is 65.3 Å². The fraction of sp³-hybridized carbons (Fsp3) is 0.217. The van der Waals surface area contributed by atoms with Gasteiger partial charge in [-0.2, -0.15) is 4.58 Å². The summed E-state index contributed by atoms with van der Waals surface area (Å²) in [6.07, 6.45) is 3.37. The highest BCUT2D eigenvalue weighted by Gasteiger charge is 2.37. The first-order valence-electron chi connectivity index (χ1n) is 10.2. The Hall–Kier alpha value is -3.45. The van der Waals surface area contributed by atoms with Crippen molar-refractivity contribution < 1.29 is 14.2 Å². The molecule has 2 aromatic carbocycles. The Labute approximate surface area is 184 Å². The van der Waals surface area contributed by atoms with E-state index in [1.165, 1.54) is 0 Å². The Morgan fingerprint density at radius 2 is 1.97 bits per heavy atom. The highest BCUT2D eigenvalue weighted by Crippen LogP contribution is 2.23. The highest BCUT2D eigenvalue weighted by molar-refractivity contribution is 6.39. The summed E-state index contributed by atoms with van der Waals surface area (Å²) in [5.74, 6) is 0.200. The molecule has 1 saturated heterocycles. The summed E-state index contributed by atoms with van der Waals surface area (Å²) < 4.78 is 1.74. The fourth-order valence-electron chi connectivity index (χ4n) is 4.13. The van der Waals surface area contributed by atoms with Gasteiger partial charge in [0.15, 0.2) is 0 Å². The molecule has 0 spiro atoms. The van der Waals surface area contributed by atoms with Gasteiger partial charge in [-0.3, -0.25) is 9.59 Å². The number of para-hydroxylation sites is 1. The maximum atomic E-state index is 13.2. The summed E-state index contributed by atoms with van der Waals surface area (Å²) in [6, 6.07) is 14.9. The maximum Gasteiger partial charge on any atom is 0.336 e. The molecule has 0 aliphatic carbocycles. The zero-order chi connectivity index (χ0) is 21.5. The number of amidine groups is 1. The number of hydrogen-bond acceptors (Lipinski definition) is 3. The van der Waals surface area contributed by atoms with Crippen molar-refractivity contribution in [2.75, 3.05) is 19.6 Å². The van der Waals surface area contributed by atoms with Crippen LogP contribution in [0.1, 0.15) is 17.3 Å². The van der Waals surface area contributed by atoms with E-state index in [2.05, 4.69) is 9.98 Å². The van der Waals surface area contributed by atoms with Crippen LogP contribution >= 0.6 is 11.6 Å². The quantitative estimate of drug-likeness (QED) is 0.642. The molecule has 1 aromatic heterocycles. The van der Waals surface area contributed by atoms with Crippen LogP contribution in [0.3, 0.4) is 0 Å². The third-order valence-corrected chi connectivity index (χ3v) is 6.03. The second kappa shape index (κ2) is 7.67. The predicted octanol–water partition coefficient (Wildman–Crippen LogP) is 3.28. The molecule has 3 aromatic rings. The van der Waals surface area contributed by atoms with Crippen molar-refractivity contribution in [3.8, 4) is 0 Å². The summed E-state index contributed by atoms with van der Waals surface area (Å²) in [5.41, 5.74) is 2.40. The van der Waals surface area contributed by atoms with Crippen LogP contribution in [-0.4, -0.2) is 69.0 Å². The Balaban J connectivity index is 1.31. The molecule has 0 radical (unpaired) electrons. The van der Waals surface area contributed by atoms with Crippen molar-refractivity contribution in [1.29, 1.82) is 0 Å². The summed E-state index contributed by atoms with van der Waals surface area (Å²) in [4.78, 5) is 37.2. The van der Waals surface area contributed by atoms with Crippen LogP contribution in [0.2, 0.25) is 5.02 Å². The number of rotatable bonds is 3. The van der Waals surface area contributed by atoms with E-state index >= 15 is 0 Å². The summed E-state index contributed by atoms with van der Waals surface area (Å²) >= 11 is 6.07. The molecule has 3 heterocycles. The molecule has 1 atom stereocenters. The molecule has 2 aliphatic rings. The number of hydrogen-bond donors (Lipinski definition) is 1. The number of carbonyl (C=O) groups is 2. The molecule has 1 N–H and O–H groups in total. The van der Waals surface area contributed by atoms with E-state index < -0.39 is 0 Å². The Morgan fingerprint density at radius 1 is 1.13 bits per heavy atom. The van der Waals surface area contributed by atoms with Gasteiger partial charge in [-0.1, -0.05) is 40.9 Å². The van der Waals surface area contributed by atoms with Gasteiger partial charge in [0.25, 0.3) is 5.91 Å². The normalized spacial score (nSPS) is 18.5. The van der Waals surface area contributed by atoms with E-state index in [1.54, 1.807) is 34.1 Å². The SMILES string of the molecule is CC1CN(C(=O)C2=[N+](c3cccc(Cl)c3)C=N2)CCN1C(=O)c1c[nH]c2ccccc12. The minimum absolute atomic E-state index is 0.0214.